The van der Waals surface area contributed by atoms with Gasteiger partial charge in [-0.15, -0.1) is 0 Å². The van der Waals surface area contributed by atoms with Crippen molar-refractivity contribution in [3.63, 3.8) is 0 Å². The number of hydrogen-bond donors (Lipinski definition) is 2. The largest absolute Gasteiger partial charge is 0.491 e. The fraction of sp³-hybridized carbons (Fsp3) is 0.417. The third kappa shape index (κ3) is 5.06. The maximum absolute atomic E-state index is 13.4. The van der Waals surface area contributed by atoms with Gasteiger partial charge in [-0.25, -0.2) is 5.48 Å². The Morgan fingerprint density at radius 1 is 1.10 bits per heavy atom. The summed E-state index contributed by atoms with van der Waals surface area (Å²) in [7, 11) is 0. The monoisotopic (exact) mass is 424 g/mol. The minimum Gasteiger partial charge on any atom is -0.491 e. The summed E-state index contributed by atoms with van der Waals surface area (Å²) in [6.07, 6.45) is 3.38. The second-order valence-corrected chi connectivity index (χ2v) is 8.12. The van der Waals surface area contributed by atoms with Crippen molar-refractivity contribution in [1.82, 2.24) is 10.4 Å². The Bertz CT molecular complexity index is 911. The first-order valence-corrected chi connectivity index (χ1v) is 10.8. The molecule has 2 aromatic carbocycles. The summed E-state index contributed by atoms with van der Waals surface area (Å²) < 4.78 is 11.5. The molecule has 1 saturated heterocycles. The molecule has 2 aliphatic rings. The van der Waals surface area contributed by atoms with E-state index in [1.54, 1.807) is 23.7 Å². The highest BCUT2D eigenvalue weighted by Gasteiger charge is 2.30. The van der Waals surface area contributed by atoms with Gasteiger partial charge in [0.25, 0.3) is 5.91 Å². The van der Waals surface area contributed by atoms with Crippen molar-refractivity contribution in [2.24, 2.45) is 5.92 Å². The topological polar surface area (TPSA) is 88.1 Å². The molecular weight excluding hydrogens is 396 g/mol. The summed E-state index contributed by atoms with van der Waals surface area (Å²) in [5.74, 6) is 0.596. The molecule has 2 aliphatic heterocycles. The predicted molar refractivity (Wildman–Crippen MR) is 114 cm³/mol. The number of carbonyl (C=O) groups is 2. The highest BCUT2D eigenvalue weighted by molar-refractivity contribution is 5.93. The summed E-state index contributed by atoms with van der Waals surface area (Å²) >= 11 is 0. The van der Waals surface area contributed by atoms with Gasteiger partial charge in [0.2, 0.25) is 5.91 Å². The Hall–Kier alpha value is -2.90. The minimum atomic E-state index is -0.598. The van der Waals surface area contributed by atoms with Crippen molar-refractivity contribution >= 4 is 11.8 Å². The number of nitrogens with one attached hydrogen (secondary N) is 1. The van der Waals surface area contributed by atoms with Gasteiger partial charge in [0.1, 0.15) is 12.4 Å². The Kier molecular flexibility index (Phi) is 6.84. The van der Waals surface area contributed by atoms with E-state index in [0.717, 1.165) is 43.6 Å². The van der Waals surface area contributed by atoms with Gasteiger partial charge in [0.15, 0.2) is 0 Å². The van der Waals surface area contributed by atoms with Gasteiger partial charge in [-0.1, -0.05) is 36.4 Å². The first-order valence-electron chi connectivity index (χ1n) is 10.8. The molecule has 2 aromatic rings. The molecule has 0 aromatic heterocycles. The third-order valence-corrected chi connectivity index (χ3v) is 6.16. The number of hydrogen-bond acceptors (Lipinski definition) is 5. The number of fused-ring (bicyclic) bond motifs is 1. The van der Waals surface area contributed by atoms with E-state index >= 15 is 0 Å². The molecule has 4 rings (SSSR count). The lowest BCUT2D eigenvalue weighted by Gasteiger charge is -2.30. The number of rotatable bonds is 5. The molecule has 2 amide bonds. The Balaban J connectivity index is 1.57. The maximum Gasteiger partial charge on any atom is 0.274 e. The molecule has 1 unspecified atom stereocenters. The van der Waals surface area contributed by atoms with Crippen LogP contribution >= 0.6 is 0 Å². The van der Waals surface area contributed by atoms with E-state index in [1.807, 2.05) is 35.2 Å². The molecule has 2 heterocycles. The summed E-state index contributed by atoms with van der Waals surface area (Å²) in [5.41, 5.74) is 3.80. The van der Waals surface area contributed by atoms with Gasteiger partial charge in [0, 0.05) is 30.8 Å². The van der Waals surface area contributed by atoms with Crippen molar-refractivity contribution in [2.45, 2.75) is 38.3 Å². The van der Waals surface area contributed by atoms with Crippen LogP contribution < -0.4 is 10.2 Å². The van der Waals surface area contributed by atoms with E-state index < -0.39 is 5.91 Å². The lowest BCUT2D eigenvalue weighted by molar-refractivity contribution is -0.135. The van der Waals surface area contributed by atoms with Crippen LogP contribution in [0.15, 0.2) is 48.5 Å². The van der Waals surface area contributed by atoms with Crippen LogP contribution in [0.2, 0.25) is 0 Å². The summed E-state index contributed by atoms with van der Waals surface area (Å²) in [6, 6.07) is 14.7. The number of hydroxylamine groups is 1. The molecule has 0 bridgehead atoms. The van der Waals surface area contributed by atoms with Crippen LogP contribution in [0.1, 0.15) is 53.2 Å². The van der Waals surface area contributed by atoms with Crippen LogP contribution in [0, 0.1) is 5.92 Å². The van der Waals surface area contributed by atoms with Crippen LogP contribution in [-0.4, -0.2) is 41.7 Å². The van der Waals surface area contributed by atoms with Crippen LogP contribution in [0.3, 0.4) is 0 Å². The van der Waals surface area contributed by atoms with E-state index in [0.29, 0.717) is 36.8 Å². The highest BCUT2D eigenvalue weighted by atomic mass is 16.5. The van der Waals surface area contributed by atoms with Crippen molar-refractivity contribution in [2.75, 3.05) is 19.8 Å². The molecule has 164 valence electrons. The molecule has 1 atom stereocenters. The lowest BCUT2D eigenvalue weighted by atomic mass is 9.94. The van der Waals surface area contributed by atoms with Crippen molar-refractivity contribution in [3.05, 3.63) is 65.2 Å². The van der Waals surface area contributed by atoms with Crippen molar-refractivity contribution in [1.29, 1.82) is 0 Å². The average molecular weight is 424 g/mol. The van der Waals surface area contributed by atoms with E-state index in [-0.39, 0.29) is 11.9 Å². The molecule has 31 heavy (non-hydrogen) atoms. The number of amides is 2. The predicted octanol–water partition coefficient (Wildman–Crippen LogP) is 3.47. The van der Waals surface area contributed by atoms with E-state index in [1.165, 1.54) is 0 Å². The fourth-order valence-electron chi connectivity index (χ4n) is 4.30. The smallest absolute Gasteiger partial charge is 0.274 e. The number of nitrogens with zero attached hydrogens (tertiary/aromatic N) is 1. The Morgan fingerprint density at radius 3 is 2.61 bits per heavy atom. The summed E-state index contributed by atoms with van der Waals surface area (Å²) in [5, 5.41) is 8.92. The second-order valence-electron chi connectivity index (χ2n) is 8.12. The van der Waals surface area contributed by atoms with Crippen molar-refractivity contribution in [3.8, 4) is 5.75 Å². The molecule has 2 N–H and O–H groups in total. The van der Waals surface area contributed by atoms with Gasteiger partial charge in [-0.3, -0.25) is 14.8 Å². The molecular formula is C24H28N2O5. The number of carbonyl (C=O) groups excluding carboxylic acids is 2. The molecule has 7 nitrogen and oxygen atoms in total. The van der Waals surface area contributed by atoms with E-state index in [2.05, 4.69) is 0 Å². The number of ether oxygens (including phenoxy) is 2. The van der Waals surface area contributed by atoms with E-state index in [4.69, 9.17) is 14.7 Å². The van der Waals surface area contributed by atoms with E-state index in [9.17, 15) is 9.59 Å². The maximum atomic E-state index is 13.4. The van der Waals surface area contributed by atoms with Gasteiger partial charge in [0.05, 0.1) is 12.6 Å². The summed E-state index contributed by atoms with van der Waals surface area (Å²) in [6.45, 7) is 2.26. The first-order chi connectivity index (χ1) is 15.2. The van der Waals surface area contributed by atoms with Crippen LogP contribution in [0.4, 0.5) is 0 Å². The minimum absolute atomic E-state index is 0.106. The molecule has 0 aliphatic carbocycles. The van der Waals surface area contributed by atoms with Gasteiger partial charge in [-0.05, 0) is 42.9 Å². The Labute approximate surface area is 181 Å². The van der Waals surface area contributed by atoms with Gasteiger partial charge < -0.3 is 14.4 Å². The van der Waals surface area contributed by atoms with Gasteiger partial charge in [-0.2, -0.15) is 0 Å². The van der Waals surface area contributed by atoms with Crippen LogP contribution in [0.5, 0.6) is 5.75 Å². The first kappa shape index (κ1) is 21.3. The SMILES string of the molecule is O=C(NO)c1ccc2c(c1)OCC(c1ccccc1)N(C(=O)CCC1CCOCC1)C2. The zero-order chi connectivity index (χ0) is 21.6. The number of benzene rings is 2. The Morgan fingerprint density at radius 2 is 1.87 bits per heavy atom. The summed E-state index contributed by atoms with van der Waals surface area (Å²) in [4.78, 5) is 27.0. The fourth-order valence-corrected chi connectivity index (χ4v) is 4.30. The molecule has 0 saturated carbocycles. The molecule has 0 spiro atoms. The van der Waals surface area contributed by atoms with Crippen molar-refractivity contribution < 1.29 is 24.3 Å². The third-order valence-electron chi connectivity index (χ3n) is 6.16. The molecule has 7 heteroatoms. The van der Waals surface area contributed by atoms with Crippen LogP contribution in [-0.2, 0) is 16.1 Å². The lowest BCUT2D eigenvalue weighted by Crippen LogP contribution is -2.36. The average Bonchev–Trinajstić information content (AvgIpc) is 3.02. The quantitative estimate of drug-likeness (QED) is 0.567. The van der Waals surface area contributed by atoms with Crippen LogP contribution in [0.25, 0.3) is 0 Å². The highest BCUT2D eigenvalue weighted by Crippen LogP contribution is 2.33. The molecule has 0 radical (unpaired) electrons. The second kappa shape index (κ2) is 9.94. The zero-order valence-corrected chi connectivity index (χ0v) is 17.5. The van der Waals surface area contributed by atoms with Gasteiger partial charge >= 0.3 is 0 Å². The zero-order valence-electron chi connectivity index (χ0n) is 17.5. The molecule has 1 fully saturated rings. The normalized spacial score (nSPS) is 19.1. The standard InChI is InChI=1S/C24H28N2O5/c27-23(9-6-17-10-12-30-13-11-17)26-15-20-8-7-19(24(28)25-29)14-22(20)31-16-21(26)18-4-2-1-3-5-18/h1-5,7-8,14,17,21,29H,6,9-13,15-16H2,(H,25,28).